The minimum absolute atomic E-state index is 0.0347. The number of para-hydroxylation sites is 1. The third kappa shape index (κ3) is 4.88. The van der Waals surface area contributed by atoms with Crippen LogP contribution in [-0.4, -0.2) is 42.5 Å². The predicted octanol–water partition coefficient (Wildman–Crippen LogP) is 3.64. The van der Waals surface area contributed by atoms with Crippen molar-refractivity contribution >= 4 is 11.9 Å². The van der Waals surface area contributed by atoms with Gasteiger partial charge < -0.3 is 9.64 Å². The summed E-state index contributed by atoms with van der Waals surface area (Å²) in [6.07, 6.45) is -2.99. The third-order valence-electron chi connectivity index (χ3n) is 4.07. The molecule has 0 aliphatic carbocycles. The second-order valence-electron chi connectivity index (χ2n) is 6.51. The zero-order valence-electron chi connectivity index (χ0n) is 16.1. The van der Waals surface area contributed by atoms with Gasteiger partial charge in [0.15, 0.2) is 0 Å². The zero-order chi connectivity index (χ0) is 21.9. The molecule has 3 rings (SSSR count). The predicted molar refractivity (Wildman–Crippen MR) is 102 cm³/mol. The lowest BCUT2D eigenvalue weighted by atomic mass is 10.2. The van der Waals surface area contributed by atoms with Gasteiger partial charge in [-0.05, 0) is 36.4 Å². The van der Waals surface area contributed by atoms with Gasteiger partial charge in [0, 0.05) is 19.7 Å². The standard InChI is InChI=1S/C20H18F4N4O2/c1-27(2)17-10-11-28(26-18(29)13-6-5-7-14(21)12-13)19(25-17)30-16-9-4-3-8-15(16)20(22,23)24/h3-10,12H,11H2,1-2H3,(H,26,29). The number of ether oxygens (including phenoxy) is 1. The Labute approximate surface area is 170 Å². The van der Waals surface area contributed by atoms with Crippen molar-refractivity contribution in [2.24, 2.45) is 4.99 Å². The Hall–Kier alpha value is -3.56. The van der Waals surface area contributed by atoms with Gasteiger partial charge in [0.1, 0.15) is 17.4 Å². The van der Waals surface area contributed by atoms with Gasteiger partial charge in [-0.2, -0.15) is 18.2 Å². The number of nitrogens with one attached hydrogen (secondary N) is 1. The van der Waals surface area contributed by atoms with Crippen LogP contribution in [0.2, 0.25) is 0 Å². The van der Waals surface area contributed by atoms with E-state index < -0.39 is 29.2 Å². The maximum atomic E-state index is 13.4. The van der Waals surface area contributed by atoms with E-state index in [0.29, 0.717) is 5.82 Å². The van der Waals surface area contributed by atoms with Crippen LogP contribution >= 0.6 is 0 Å². The van der Waals surface area contributed by atoms with Gasteiger partial charge >= 0.3 is 12.2 Å². The Bertz CT molecular complexity index is 1000. The highest BCUT2D eigenvalue weighted by Crippen LogP contribution is 2.36. The molecule has 1 N–H and O–H groups in total. The number of rotatable bonds is 4. The number of amides is 1. The normalized spacial score (nSPS) is 14.0. The highest BCUT2D eigenvalue weighted by Gasteiger charge is 2.35. The molecule has 0 unspecified atom stereocenters. The molecule has 0 radical (unpaired) electrons. The monoisotopic (exact) mass is 422 g/mol. The van der Waals surface area contributed by atoms with Gasteiger partial charge in [-0.15, -0.1) is 0 Å². The Kier molecular flexibility index (Phi) is 5.95. The number of hydrazine groups is 1. The summed E-state index contributed by atoms with van der Waals surface area (Å²) in [4.78, 5) is 18.3. The molecule has 0 atom stereocenters. The van der Waals surface area contributed by atoms with Crippen molar-refractivity contribution < 1.29 is 27.1 Å². The third-order valence-corrected chi connectivity index (χ3v) is 4.07. The van der Waals surface area contributed by atoms with Crippen LogP contribution in [0.15, 0.2) is 65.4 Å². The summed E-state index contributed by atoms with van der Waals surface area (Å²) in [5.74, 6) is -1.29. The molecule has 2 aromatic carbocycles. The molecule has 30 heavy (non-hydrogen) atoms. The number of carbonyl (C=O) groups is 1. The van der Waals surface area contributed by atoms with Gasteiger partial charge in [0.05, 0.1) is 12.1 Å². The average molecular weight is 422 g/mol. The number of amidine groups is 1. The van der Waals surface area contributed by atoms with Crippen LogP contribution in [0, 0.1) is 5.82 Å². The number of aliphatic imine (C=N–C) groups is 1. The number of nitrogens with zero attached hydrogens (tertiary/aromatic N) is 3. The highest BCUT2D eigenvalue weighted by molar-refractivity contribution is 5.95. The van der Waals surface area contributed by atoms with Crippen molar-refractivity contribution in [1.29, 1.82) is 0 Å². The molecule has 0 saturated heterocycles. The van der Waals surface area contributed by atoms with Gasteiger partial charge in [0.25, 0.3) is 5.91 Å². The maximum absolute atomic E-state index is 13.4. The molecule has 1 aliphatic rings. The highest BCUT2D eigenvalue weighted by atomic mass is 19.4. The first-order valence-electron chi connectivity index (χ1n) is 8.79. The Morgan fingerprint density at radius 2 is 1.90 bits per heavy atom. The second kappa shape index (κ2) is 8.44. The lowest BCUT2D eigenvalue weighted by Crippen LogP contribution is -2.50. The fourth-order valence-corrected chi connectivity index (χ4v) is 2.61. The Morgan fingerprint density at radius 3 is 2.57 bits per heavy atom. The Morgan fingerprint density at radius 1 is 1.17 bits per heavy atom. The van der Waals surface area contributed by atoms with Crippen molar-refractivity contribution in [3.63, 3.8) is 0 Å². The molecule has 0 fully saturated rings. The lowest BCUT2D eigenvalue weighted by molar-refractivity contribution is -0.138. The quantitative estimate of drug-likeness (QED) is 0.765. The summed E-state index contributed by atoms with van der Waals surface area (Å²) in [6.45, 7) is 0.0710. The molecule has 0 aromatic heterocycles. The molecule has 2 aromatic rings. The van der Waals surface area contributed by atoms with E-state index in [-0.39, 0.29) is 18.1 Å². The van der Waals surface area contributed by atoms with E-state index in [1.165, 1.54) is 30.3 Å². The van der Waals surface area contributed by atoms with Crippen LogP contribution in [0.4, 0.5) is 17.6 Å². The summed E-state index contributed by atoms with van der Waals surface area (Å²) in [7, 11) is 3.41. The molecular weight excluding hydrogens is 404 g/mol. The van der Waals surface area contributed by atoms with E-state index in [4.69, 9.17) is 4.74 Å². The van der Waals surface area contributed by atoms with E-state index in [2.05, 4.69) is 10.4 Å². The van der Waals surface area contributed by atoms with Crippen LogP contribution < -0.4 is 10.2 Å². The lowest BCUT2D eigenvalue weighted by Gasteiger charge is -2.29. The van der Waals surface area contributed by atoms with Crippen molar-refractivity contribution in [3.05, 3.63) is 77.4 Å². The first-order chi connectivity index (χ1) is 14.1. The summed E-state index contributed by atoms with van der Waals surface area (Å²) in [6, 6.07) is 9.42. The van der Waals surface area contributed by atoms with Crippen LogP contribution in [0.3, 0.4) is 0 Å². The number of alkyl halides is 3. The molecule has 1 aliphatic heterocycles. The number of carbonyl (C=O) groups excluding carboxylic acids is 1. The Balaban J connectivity index is 1.89. The van der Waals surface area contributed by atoms with Gasteiger partial charge in [-0.25, -0.2) is 9.40 Å². The summed E-state index contributed by atoms with van der Waals surface area (Å²) >= 11 is 0. The zero-order valence-corrected chi connectivity index (χ0v) is 16.1. The number of hydrogen-bond donors (Lipinski definition) is 1. The second-order valence-corrected chi connectivity index (χ2v) is 6.51. The van der Waals surface area contributed by atoms with Crippen molar-refractivity contribution in [3.8, 4) is 5.75 Å². The first-order valence-corrected chi connectivity index (χ1v) is 8.79. The largest absolute Gasteiger partial charge is 0.424 e. The fourth-order valence-electron chi connectivity index (χ4n) is 2.61. The van der Waals surface area contributed by atoms with E-state index in [0.717, 1.165) is 23.2 Å². The molecule has 158 valence electrons. The topological polar surface area (TPSA) is 57.2 Å². The first kappa shape index (κ1) is 21.2. The van der Waals surface area contributed by atoms with Crippen LogP contribution in [0.1, 0.15) is 15.9 Å². The number of benzene rings is 2. The molecule has 10 heteroatoms. The smallest absolute Gasteiger partial charge is 0.419 e. The van der Waals surface area contributed by atoms with Crippen LogP contribution in [0.25, 0.3) is 0 Å². The molecule has 0 spiro atoms. The average Bonchev–Trinajstić information content (AvgIpc) is 2.68. The van der Waals surface area contributed by atoms with Gasteiger partial charge in [-0.1, -0.05) is 18.2 Å². The summed E-state index contributed by atoms with van der Waals surface area (Å²) < 4.78 is 58.8. The molecule has 6 nitrogen and oxygen atoms in total. The molecule has 0 saturated carbocycles. The molecule has 1 heterocycles. The summed E-state index contributed by atoms with van der Waals surface area (Å²) in [5, 5.41) is 1.15. The van der Waals surface area contributed by atoms with E-state index in [1.807, 2.05) is 0 Å². The van der Waals surface area contributed by atoms with Crippen LogP contribution in [-0.2, 0) is 6.18 Å². The van der Waals surface area contributed by atoms with Gasteiger partial charge in [0.2, 0.25) is 0 Å². The summed E-state index contributed by atoms with van der Waals surface area (Å²) in [5.41, 5.74) is 1.53. The van der Waals surface area contributed by atoms with Gasteiger partial charge in [-0.3, -0.25) is 10.2 Å². The molecular formula is C20H18F4N4O2. The van der Waals surface area contributed by atoms with E-state index >= 15 is 0 Å². The van der Waals surface area contributed by atoms with E-state index in [9.17, 15) is 22.4 Å². The minimum atomic E-state index is -4.64. The SMILES string of the molecule is CN(C)C1=CCN(NC(=O)c2cccc(F)c2)C(Oc2ccccc2C(F)(F)F)=N1. The van der Waals surface area contributed by atoms with Crippen molar-refractivity contribution in [2.45, 2.75) is 6.18 Å². The van der Waals surface area contributed by atoms with E-state index in [1.54, 1.807) is 25.1 Å². The number of halogens is 4. The van der Waals surface area contributed by atoms with Crippen LogP contribution in [0.5, 0.6) is 5.75 Å². The minimum Gasteiger partial charge on any atom is -0.424 e. The maximum Gasteiger partial charge on any atom is 0.419 e. The fraction of sp³-hybridized carbons (Fsp3) is 0.200. The van der Waals surface area contributed by atoms with Crippen molar-refractivity contribution in [1.82, 2.24) is 15.3 Å². The molecule has 0 bridgehead atoms. The number of hydrogen-bond acceptors (Lipinski definition) is 5. The van der Waals surface area contributed by atoms with Crippen molar-refractivity contribution in [2.75, 3.05) is 20.6 Å². The molecule has 1 amide bonds.